The summed E-state index contributed by atoms with van der Waals surface area (Å²) in [5.41, 5.74) is 7.19. The molecule has 6 heteroatoms. The van der Waals surface area contributed by atoms with E-state index in [0.29, 0.717) is 30.3 Å². The van der Waals surface area contributed by atoms with Crippen LogP contribution in [0.1, 0.15) is 6.92 Å². The summed E-state index contributed by atoms with van der Waals surface area (Å²) in [5, 5.41) is 9.62. The van der Waals surface area contributed by atoms with E-state index >= 15 is 0 Å². The van der Waals surface area contributed by atoms with Gasteiger partial charge in [0.1, 0.15) is 0 Å². The fourth-order valence-electron chi connectivity index (χ4n) is 2.24. The maximum absolute atomic E-state index is 11.0. The first-order chi connectivity index (χ1) is 8.49. The van der Waals surface area contributed by atoms with Crippen molar-refractivity contribution < 1.29 is 9.90 Å². The fraction of sp³-hybridized carbons (Fsp3) is 0.417. The molecule has 1 aliphatic heterocycles. The average Bonchev–Trinajstić information content (AvgIpc) is 2.28. The van der Waals surface area contributed by atoms with E-state index < -0.39 is 6.09 Å². The predicted octanol–water partition coefficient (Wildman–Crippen LogP) is 2.11. The van der Waals surface area contributed by atoms with Crippen molar-refractivity contribution in [2.75, 3.05) is 30.3 Å². The number of nitrogens with zero attached hydrogens (tertiary/aromatic N) is 2. The number of hydrogen-bond donors (Lipinski definition) is 2. The number of hydrogen-bond acceptors (Lipinski definition) is 3. The summed E-state index contributed by atoms with van der Waals surface area (Å²) in [6, 6.07) is 5.34. The lowest BCUT2D eigenvalue weighted by Gasteiger charge is -2.39. The van der Waals surface area contributed by atoms with Crippen LogP contribution in [-0.4, -0.2) is 41.8 Å². The molecule has 3 N–H and O–H groups in total. The van der Waals surface area contributed by atoms with Gasteiger partial charge in [0.25, 0.3) is 0 Å². The van der Waals surface area contributed by atoms with Crippen molar-refractivity contribution in [3.05, 3.63) is 23.2 Å². The van der Waals surface area contributed by atoms with Gasteiger partial charge in [0.2, 0.25) is 0 Å². The lowest BCUT2D eigenvalue weighted by atomic mass is 10.1. The van der Waals surface area contributed by atoms with Crippen molar-refractivity contribution in [1.82, 2.24) is 4.90 Å². The highest BCUT2D eigenvalue weighted by atomic mass is 35.5. The molecule has 1 aromatic rings. The molecule has 1 amide bonds. The zero-order valence-electron chi connectivity index (χ0n) is 10.1. The highest BCUT2D eigenvalue weighted by Crippen LogP contribution is 2.29. The Labute approximate surface area is 111 Å². The van der Waals surface area contributed by atoms with Crippen molar-refractivity contribution in [3.63, 3.8) is 0 Å². The maximum Gasteiger partial charge on any atom is 0.407 e. The summed E-state index contributed by atoms with van der Waals surface area (Å²) >= 11 is 6.16. The van der Waals surface area contributed by atoms with Crippen LogP contribution in [0.5, 0.6) is 0 Å². The van der Waals surface area contributed by atoms with Gasteiger partial charge in [-0.05, 0) is 25.1 Å². The molecule has 0 radical (unpaired) electrons. The molecule has 1 fully saturated rings. The molecule has 0 unspecified atom stereocenters. The van der Waals surface area contributed by atoms with E-state index in [1.807, 2.05) is 13.0 Å². The summed E-state index contributed by atoms with van der Waals surface area (Å²) in [5.74, 6) is 0. The number of amides is 1. The largest absolute Gasteiger partial charge is 0.465 e. The third-order valence-corrected chi connectivity index (χ3v) is 3.49. The number of piperazine rings is 1. The first kappa shape index (κ1) is 12.8. The minimum absolute atomic E-state index is 0.0510. The van der Waals surface area contributed by atoms with Crippen molar-refractivity contribution >= 4 is 29.1 Å². The van der Waals surface area contributed by atoms with Crippen molar-refractivity contribution in [2.24, 2.45) is 0 Å². The summed E-state index contributed by atoms with van der Waals surface area (Å²) in [6.45, 7) is 3.65. The van der Waals surface area contributed by atoms with E-state index in [9.17, 15) is 4.79 Å². The van der Waals surface area contributed by atoms with Crippen LogP contribution < -0.4 is 10.6 Å². The first-order valence-corrected chi connectivity index (χ1v) is 6.16. The highest BCUT2D eigenvalue weighted by Gasteiger charge is 2.27. The van der Waals surface area contributed by atoms with Gasteiger partial charge in [0.05, 0.1) is 10.7 Å². The van der Waals surface area contributed by atoms with E-state index in [4.69, 9.17) is 22.4 Å². The van der Waals surface area contributed by atoms with Gasteiger partial charge in [-0.1, -0.05) is 11.6 Å². The van der Waals surface area contributed by atoms with Crippen molar-refractivity contribution in [3.8, 4) is 0 Å². The zero-order chi connectivity index (χ0) is 13.3. The summed E-state index contributed by atoms with van der Waals surface area (Å²) in [6.07, 6.45) is -0.870. The van der Waals surface area contributed by atoms with Gasteiger partial charge in [0, 0.05) is 31.4 Å². The van der Waals surface area contributed by atoms with E-state index in [1.165, 1.54) is 4.90 Å². The fourth-order valence-corrected chi connectivity index (χ4v) is 2.55. The number of nitrogen functional groups attached to an aromatic ring is 1. The molecule has 1 aliphatic rings. The molecule has 2 rings (SSSR count). The molecule has 5 nitrogen and oxygen atoms in total. The standard InChI is InChI=1S/C12H16ClN3O2/c1-8-7-15(4-5-16(8)12(17)18)11-3-2-9(14)6-10(11)13/h2-3,6,8H,4-5,7,14H2,1H3,(H,17,18)/t8-/m0/s1. The molecule has 1 heterocycles. The van der Waals surface area contributed by atoms with Gasteiger partial charge < -0.3 is 20.6 Å². The van der Waals surface area contributed by atoms with Crippen molar-refractivity contribution in [1.29, 1.82) is 0 Å². The smallest absolute Gasteiger partial charge is 0.407 e. The van der Waals surface area contributed by atoms with Crippen LogP contribution in [0, 0.1) is 0 Å². The molecule has 18 heavy (non-hydrogen) atoms. The SMILES string of the molecule is C[C@H]1CN(c2ccc(N)cc2Cl)CCN1C(=O)O. The first-order valence-electron chi connectivity index (χ1n) is 5.78. The monoisotopic (exact) mass is 269 g/mol. The Balaban J connectivity index is 2.15. The van der Waals surface area contributed by atoms with E-state index in [1.54, 1.807) is 12.1 Å². The van der Waals surface area contributed by atoms with Crippen molar-refractivity contribution in [2.45, 2.75) is 13.0 Å². The number of benzene rings is 1. The Hall–Kier alpha value is -1.62. The van der Waals surface area contributed by atoms with Crippen LogP contribution in [0.2, 0.25) is 5.02 Å². The predicted molar refractivity (Wildman–Crippen MR) is 72.3 cm³/mol. The molecule has 0 aliphatic carbocycles. The van der Waals surface area contributed by atoms with Crippen LogP contribution in [0.4, 0.5) is 16.2 Å². The third-order valence-electron chi connectivity index (χ3n) is 3.19. The van der Waals surface area contributed by atoms with Crippen LogP contribution in [0.15, 0.2) is 18.2 Å². The molecule has 0 bridgehead atoms. The van der Waals surface area contributed by atoms with Crippen LogP contribution in [-0.2, 0) is 0 Å². The van der Waals surface area contributed by atoms with Gasteiger partial charge in [-0.15, -0.1) is 0 Å². The molecular weight excluding hydrogens is 254 g/mol. The van der Waals surface area contributed by atoms with Crippen LogP contribution in [0.3, 0.4) is 0 Å². The van der Waals surface area contributed by atoms with Gasteiger partial charge in [-0.3, -0.25) is 0 Å². The van der Waals surface area contributed by atoms with Gasteiger partial charge in [-0.25, -0.2) is 4.79 Å². The minimum Gasteiger partial charge on any atom is -0.465 e. The number of nitrogens with two attached hydrogens (primary N) is 1. The Morgan fingerprint density at radius 1 is 1.50 bits per heavy atom. The van der Waals surface area contributed by atoms with E-state index in [2.05, 4.69) is 4.90 Å². The lowest BCUT2D eigenvalue weighted by molar-refractivity contribution is 0.123. The maximum atomic E-state index is 11.0. The Morgan fingerprint density at radius 2 is 2.22 bits per heavy atom. The molecule has 0 aromatic heterocycles. The average molecular weight is 270 g/mol. The van der Waals surface area contributed by atoms with Crippen LogP contribution in [0.25, 0.3) is 0 Å². The number of anilines is 2. The van der Waals surface area contributed by atoms with E-state index in [-0.39, 0.29) is 6.04 Å². The summed E-state index contributed by atoms with van der Waals surface area (Å²) in [4.78, 5) is 14.5. The Kier molecular flexibility index (Phi) is 3.52. The molecule has 1 saturated heterocycles. The molecule has 1 atom stereocenters. The summed E-state index contributed by atoms with van der Waals surface area (Å²) < 4.78 is 0. The van der Waals surface area contributed by atoms with Gasteiger partial charge in [-0.2, -0.15) is 0 Å². The topological polar surface area (TPSA) is 69.8 Å². The second-order valence-corrected chi connectivity index (χ2v) is 4.89. The molecule has 98 valence electrons. The second kappa shape index (κ2) is 4.94. The number of carbonyl (C=O) groups is 1. The number of carboxylic acid groups (broad SMARTS) is 1. The van der Waals surface area contributed by atoms with Crippen LogP contribution >= 0.6 is 11.6 Å². The normalized spacial score (nSPS) is 20.0. The second-order valence-electron chi connectivity index (χ2n) is 4.48. The Morgan fingerprint density at radius 3 is 2.78 bits per heavy atom. The van der Waals surface area contributed by atoms with Gasteiger partial charge in [0.15, 0.2) is 0 Å². The molecule has 0 spiro atoms. The molecular formula is C12H16ClN3O2. The number of halogens is 1. The number of rotatable bonds is 1. The van der Waals surface area contributed by atoms with E-state index in [0.717, 1.165) is 5.69 Å². The van der Waals surface area contributed by atoms with Gasteiger partial charge >= 0.3 is 6.09 Å². The minimum atomic E-state index is -0.870. The molecule has 0 saturated carbocycles. The summed E-state index contributed by atoms with van der Waals surface area (Å²) in [7, 11) is 0. The Bertz CT molecular complexity index is 467. The molecule has 1 aromatic carbocycles. The quantitative estimate of drug-likeness (QED) is 0.766. The third kappa shape index (κ3) is 2.46. The highest BCUT2D eigenvalue weighted by molar-refractivity contribution is 6.33. The lowest BCUT2D eigenvalue weighted by Crippen LogP contribution is -2.53. The zero-order valence-corrected chi connectivity index (χ0v) is 10.9.